The number of hydrogen-bond acceptors (Lipinski definition) is 4. The van der Waals surface area contributed by atoms with Gasteiger partial charge in [-0.1, -0.05) is 13.8 Å². The highest BCUT2D eigenvalue weighted by Gasteiger charge is 2.70. The molecule has 4 nitrogen and oxygen atoms in total. The molecule has 3 aliphatic rings. The topological polar surface area (TPSA) is 52.6 Å². The summed E-state index contributed by atoms with van der Waals surface area (Å²) in [5.41, 5.74) is -0.962. The highest BCUT2D eigenvalue weighted by Crippen LogP contribution is 2.60. The molecular formula is C16H18O4. The van der Waals surface area contributed by atoms with Gasteiger partial charge in [-0.2, -0.15) is 0 Å². The maximum Gasteiger partial charge on any atom is 0.338 e. The van der Waals surface area contributed by atoms with Gasteiger partial charge in [0.05, 0.1) is 11.1 Å². The van der Waals surface area contributed by atoms with Crippen LogP contribution in [0.2, 0.25) is 0 Å². The van der Waals surface area contributed by atoms with Gasteiger partial charge in [-0.3, -0.25) is 0 Å². The van der Waals surface area contributed by atoms with E-state index in [4.69, 9.17) is 9.47 Å². The van der Waals surface area contributed by atoms with Crippen LogP contribution in [0.25, 0.3) is 0 Å². The van der Waals surface area contributed by atoms with Gasteiger partial charge in [0, 0.05) is 5.41 Å². The lowest BCUT2D eigenvalue weighted by Crippen LogP contribution is -2.73. The van der Waals surface area contributed by atoms with Crippen LogP contribution in [0, 0.1) is 5.41 Å². The highest BCUT2D eigenvalue weighted by molar-refractivity contribution is 5.94. The summed E-state index contributed by atoms with van der Waals surface area (Å²) in [5.74, 6) is -0.755. The van der Waals surface area contributed by atoms with E-state index >= 15 is 0 Å². The average Bonchev–Trinajstić information content (AvgIpc) is 2.36. The van der Waals surface area contributed by atoms with Crippen LogP contribution < -0.4 is 0 Å². The van der Waals surface area contributed by atoms with Gasteiger partial charge < -0.3 is 9.47 Å². The molecule has 0 spiro atoms. The Labute approximate surface area is 118 Å². The molecule has 2 aliphatic heterocycles. The van der Waals surface area contributed by atoms with E-state index in [0.29, 0.717) is 17.5 Å². The molecule has 0 radical (unpaired) electrons. The zero-order chi connectivity index (χ0) is 14.8. The van der Waals surface area contributed by atoms with Crippen LogP contribution in [0.4, 0.5) is 0 Å². The Hall–Kier alpha value is -1.84. The summed E-state index contributed by atoms with van der Waals surface area (Å²) in [6, 6.07) is 6.37. The van der Waals surface area contributed by atoms with Gasteiger partial charge in [-0.05, 0) is 44.5 Å². The SMILES string of the molecule is CC1(C)CC2(C)OC(=O)c3ccc(cc3)C(=O)OC12C. The Morgan fingerprint density at radius 2 is 1.30 bits per heavy atom. The zero-order valence-corrected chi connectivity index (χ0v) is 12.1. The molecule has 2 bridgehead atoms. The number of esters is 2. The summed E-state index contributed by atoms with van der Waals surface area (Å²) in [4.78, 5) is 24.5. The Balaban J connectivity index is 2.12. The Bertz CT molecular complexity index is 601. The molecule has 1 aromatic rings. The first-order valence-corrected chi connectivity index (χ1v) is 6.75. The quantitative estimate of drug-likeness (QED) is 0.682. The minimum Gasteiger partial charge on any atom is -0.451 e. The zero-order valence-electron chi connectivity index (χ0n) is 12.1. The lowest BCUT2D eigenvalue weighted by Gasteiger charge is -2.63. The average molecular weight is 274 g/mol. The summed E-state index contributed by atoms with van der Waals surface area (Å²) in [6.07, 6.45) is 0.658. The number of rotatable bonds is 0. The number of ether oxygens (including phenoxy) is 2. The predicted octanol–water partition coefficient (Wildman–Crippen LogP) is 2.96. The third-order valence-electron chi connectivity index (χ3n) is 5.05. The van der Waals surface area contributed by atoms with E-state index in [-0.39, 0.29) is 17.4 Å². The molecule has 2 atom stereocenters. The largest absolute Gasteiger partial charge is 0.451 e. The molecule has 2 heterocycles. The van der Waals surface area contributed by atoms with Crippen LogP contribution in [-0.4, -0.2) is 23.1 Å². The summed E-state index contributed by atoms with van der Waals surface area (Å²) < 4.78 is 11.4. The lowest BCUT2D eigenvalue weighted by atomic mass is 9.50. The van der Waals surface area contributed by atoms with Gasteiger partial charge in [-0.15, -0.1) is 0 Å². The molecule has 4 heteroatoms. The molecular weight excluding hydrogens is 256 g/mol. The second kappa shape index (κ2) is 3.62. The number of carbonyl (C=O) groups is 2. The summed E-state index contributed by atoms with van der Waals surface area (Å²) in [5, 5.41) is 0. The van der Waals surface area contributed by atoms with E-state index < -0.39 is 11.2 Å². The van der Waals surface area contributed by atoms with E-state index in [1.54, 1.807) is 24.3 Å². The van der Waals surface area contributed by atoms with Crippen molar-refractivity contribution in [1.29, 1.82) is 0 Å². The molecule has 0 aromatic heterocycles. The van der Waals surface area contributed by atoms with Crippen LogP contribution in [0.15, 0.2) is 24.3 Å². The summed E-state index contributed by atoms with van der Waals surface area (Å²) >= 11 is 0. The third kappa shape index (κ3) is 1.48. The molecule has 1 saturated carbocycles. The molecule has 0 N–H and O–H groups in total. The van der Waals surface area contributed by atoms with Crippen molar-refractivity contribution in [2.45, 2.75) is 45.3 Å². The third-order valence-corrected chi connectivity index (χ3v) is 5.05. The number of hydrogen-bond donors (Lipinski definition) is 0. The van der Waals surface area contributed by atoms with E-state index in [1.165, 1.54) is 0 Å². The second-order valence-corrected chi connectivity index (χ2v) is 6.68. The van der Waals surface area contributed by atoms with Crippen LogP contribution in [0.5, 0.6) is 0 Å². The second-order valence-electron chi connectivity index (χ2n) is 6.68. The lowest BCUT2D eigenvalue weighted by molar-refractivity contribution is -0.276. The predicted molar refractivity (Wildman–Crippen MR) is 72.5 cm³/mol. The van der Waals surface area contributed by atoms with Crippen LogP contribution in [0.1, 0.15) is 54.8 Å². The number of benzene rings is 1. The van der Waals surface area contributed by atoms with Gasteiger partial charge in [0.2, 0.25) is 0 Å². The fourth-order valence-electron chi connectivity index (χ4n) is 3.42. The first-order valence-electron chi connectivity index (χ1n) is 6.75. The molecule has 1 aromatic carbocycles. The van der Waals surface area contributed by atoms with Gasteiger partial charge in [-0.25, -0.2) is 9.59 Å². The fourth-order valence-corrected chi connectivity index (χ4v) is 3.42. The van der Waals surface area contributed by atoms with Gasteiger partial charge in [0.25, 0.3) is 0 Å². The van der Waals surface area contributed by atoms with E-state index in [0.717, 1.165) is 0 Å². The highest BCUT2D eigenvalue weighted by atomic mass is 16.6. The Morgan fingerprint density at radius 3 is 1.75 bits per heavy atom. The van der Waals surface area contributed by atoms with Crippen molar-refractivity contribution in [1.82, 2.24) is 0 Å². The van der Waals surface area contributed by atoms with E-state index in [1.807, 2.05) is 27.7 Å². The van der Waals surface area contributed by atoms with Crippen molar-refractivity contribution in [2.75, 3.05) is 0 Å². The minimum absolute atomic E-state index is 0.241. The monoisotopic (exact) mass is 274 g/mol. The normalized spacial score (nSPS) is 34.6. The standard InChI is InChI=1S/C16H18O4/c1-14(2)9-15(3)16(14,4)20-13(18)11-7-5-10(6-8-11)12(17)19-15/h5-8H,9H2,1-4H3. The van der Waals surface area contributed by atoms with E-state index in [9.17, 15) is 9.59 Å². The molecule has 0 amide bonds. The van der Waals surface area contributed by atoms with Gasteiger partial charge in [0.1, 0.15) is 0 Å². The van der Waals surface area contributed by atoms with Gasteiger partial charge >= 0.3 is 11.9 Å². The van der Waals surface area contributed by atoms with Crippen LogP contribution in [0.3, 0.4) is 0 Å². The van der Waals surface area contributed by atoms with Crippen molar-refractivity contribution in [3.8, 4) is 0 Å². The van der Waals surface area contributed by atoms with Crippen molar-refractivity contribution < 1.29 is 19.1 Å². The smallest absolute Gasteiger partial charge is 0.338 e. The maximum absolute atomic E-state index is 12.3. The summed E-state index contributed by atoms with van der Waals surface area (Å²) in [6.45, 7) is 7.71. The number of carbonyl (C=O) groups excluding carboxylic acids is 2. The van der Waals surface area contributed by atoms with Crippen molar-refractivity contribution >= 4 is 11.9 Å². The molecule has 20 heavy (non-hydrogen) atoms. The van der Waals surface area contributed by atoms with Gasteiger partial charge in [0.15, 0.2) is 11.2 Å². The summed E-state index contributed by atoms with van der Waals surface area (Å²) in [7, 11) is 0. The van der Waals surface area contributed by atoms with Crippen molar-refractivity contribution in [3.05, 3.63) is 35.4 Å². The first-order chi connectivity index (χ1) is 9.19. The van der Waals surface area contributed by atoms with E-state index in [2.05, 4.69) is 0 Å². The molecule has 2 unspecified atom stereocenters. The Kier molecular flexibility index (Phi) is 2.38. The van der Waals surface area contributed by atoms with Crippen molar-refractivity contribution in [3.63, 3.8) is 0 Å². The number of fused-ring (bicyclic) bond motifs is 4. The minimum atomic E-state index is -0.834. The first kappa shape index (κ1) is 13.2. The molecule has 1 aliphatic carbocycles. The molecule has 0 saturated heterocycles. The molecule has 1 fully saturated rings. The molecule has 106 valence electrons. The van der Waals surface area contributed by atoms with Crippen molar-refractivity contribution in [2.24, 2.45) is 5.41 Å². The van der Waals surface area contributed by atoms with Crippen LogP contribution in [-0.2, 0) is 9.47 Å². The maximum atomic E-state index is 12.3. The Morgan fingerprint density at radius 1 is 0.850 bits per heavy atom. The fraction of sp³-hybridized carbons (Fsp3) is 0.500. The van der Waals surface area contributed by atoms with Crippen LogP contribution >= 0.6 is 0 Å². The molecule has 4 rings (SSSR count).